The third kappa shape index (κ3) is 3.81. The van der Waals surface area contributed by atoms with Gasteiger partial charge in [0.25, 0.3) is 0 Å². The van der Waals surface area contributed by atoms with Crippen LogP contribution in [0.25, 0.3) is 0 Å². The average molecular weight is 374 g/mol. The summed E-state index contributed by atoms with van der Waals surface area (Å²) in [6.45, 7) is 0.0596. The smallest absolute Gasteiger partial charge is 0.240 e. The molecule has 2 aromatic carbocycles. The van der Waals surface area contributed by atoms with Crippen LogP contribution in [0.4, 0.5) is 4.39 Å². The number of hydrogen-bond acceptors (Lipinski definition) is 3. The lowest BCUT2D eigenvalue weighted by Gasteiger charge is -2.10. The average Bonchev–Trinajstić information content (AvgIpc) is 2.48. The highest BCUT2D eigenvalue weighted by Gasteiger charge is 2.16. The van der Waals surface area contributed by atoms with Crippen LogP contribution in [0.2, 0.25) is 0 Å². The molecule has 0 saturated heterocycles. The molecular formula is C14H13BrFNO3S. The highest BCUT2D eigenvalue weighted by Crippen LogP contribution is 2.21. The van der Waals surface area contributed by atoms with Crippen molar-refractivity contribution in [3.8, 4) is 5.75 Å². The molecule has 0 amide bonds. The van der Waals surface area contributed by atoms with Crippen molar-refractivity contribution in [2.75, 3.05) is 7.11 Å². The molecule has 0 unspecified atom stereocenters. The molecule has 0 aliphatic carbocycles. The monoisotopic (exact) mass is 373 g/mol. The van der Waals surface area contributed by atoms with E-state index in [4.69, 9.17) is 4.74 Å². The van der Waals surface area contributed by atoms with Crippen LogP contribution in [0.5, 0.6) is 5.75 Å². The van der Waals surface area contributed by atoms with E-state index in [1.165, 1.54) is 19.2 Å². The zero-order chi connectivity index (χ0) is 15.5. The van der Waals surface area contributed by atoms with Gasteiger partial charge in [-0.15, -0.1) is 0 Å². The molecule has 21 heavy (non-hydrogen) atoms. The molecule has 2 rings (SSSR count). The number of sulfonamides is 1. The van der Waals surface area contributed by atoms with Crippen LogP contribution in [-0.2, 0) is 16.6 Å². The van der Waals surface area contributed by atoms with E-state index in [9.17, 15) is 12.8 Å². The summed E-state index contributed by atoms with van der Waals surface area (Å²) in [5.41, 5.74) is 0.696. The summed E-state index contributed by atoms with van der Waals surface area (Å²) >= 11 is 2.98. The Morgan fingerprint density at radius 1 is 1.24 bits per heavy atom. The van der Waals surface area contributed by atoms with Gasteiger partial charge in [-0.2, -0.15) is 0 Å². The SMILES string of the molecule is COc1ccccc1CNS(=O)(=O)c1ccc(Br)c(F)c1. The van der Waals surface area contributed by atoms with Crippen LogP contribution in [0.1, 0.15) is 5.56 Å². The van der Waals surface area contributed by atoms with Crippen molar-refractivity contribution in [1.82, 2.24) is 4.72 Å². The molecule has 0 fully saturated rings. The number of ether oxygens (including phenoxy) is 1. The van der Waals surface area contributed by atoms with Gasteiger partial charge in [0.1, 0.15) is 11.6 Å². The number of nitrogens with one attached hydrogen (secondary N) is 1. The number of methoxy groups -OCH3 is 1. The topological polar surface area (TPSA) is 55.4 Å². The second-order valence-electron chi connectivity index (χ2n) is 4.21. The van der Waals surface area contributed by atoms with Crippen molar-refractivity contribution in [2.24, 2.45) is 0 Å². The van der Waals surface area contributed by atoms with Crippen LogP contribution < -0.4 is 9.46 Å². The first-order valence-corrected chi connectivity index (χ1v) is 8.28. The molecule has 7 heteroatoms. The molecule has 1 N–H and O–H groups in total. The maximum Gasteiger partial charge on any atom is 0.240 e. The number of hydrogen-bond donors (Lipinski definition) is 1. The lowest BCUT2D eigenvalue weighted by Crippen LogP contribution is -2.23. The van der Waals surface area contributed by atoms with E-state index in [0.717, 1.165) is 6.07 Å². The third-order valence-corrected chi connectivity index (χ3v) is 4.89. The summed E-state index contributed by atoms with van der Waals surface area (Å²) < 4.78 is 45.5. The molecule has 4 nitrogen and oxygen atoms in total. The van der Waals surface area contributed by atoms with Gasteiger partial charge in [-0.25, -0.2) is 17.5 Å². The van der Waals surface area contributed by atoms with E-state index in [-0.39, 0.29) is 15.9 Å². The Morgan fingerprint density at radius 3 is 2.62 bits per heavy atom. The van der Waals surface area contributed by atoms with E-state index in [2.05, 4.69) is 20.7 Å². The maximum atomic E-state index is 13.4. The van der Waals surface area contributed by atoms with Gasteiger partial charge in [0.05, 0.1) is 16.5 Å². The fraction of sp³-hybridized carbons (Fsp3) is 0.143. The van der Waals surface area contributed by atoms with Crippen LogP contribution in [0, 0.1) is 5.82 Å². The molecule has 0 spiro atoms. The minimum atomic E-state index is -3.79. The van der Waals surface area contributed by atoms with E-state index >= 15 is 0 Å². The zero-order valence-electron chi connectivity index (χ0n) is 11.1. The van der Waals surface area contributed by atoms with Crippen molar-refractivity contribution < 1.29 is 17.5 Å². The highest BCUT2D eigenvalue weighted by atomic mass is 79.9. The second kappa shape index (κ2) is 6.55. The summed E-state index contributed by atoms with van der Waals surface area (Å²) in [5, 5.41) is 0. The fourth-order valence-corrected chi connectivity index (χ4v) is 3.01. The summed E-state index contributed by atoms with van der Waals surface area (Å²) in [7, 11) is -2.28. The predicted octanol–water partition coefficient (Wildman–Crippen LogP) is 3.08. The number of para-hydroxylation sites is 1. The van der Waals surface area contributed by atoms with E-state index < -0.39 is 15.8 Å². The third-order valence-electron chi connectivity index (χ3n) is 2.85. The minimum absolute atomic E-state index is 0.0596. The Morgan fingerprint density at radius 2 is 1.95 bits per heavy atom. The molecule has 0 radical (unpaired) electrons. The van der Waals surface area contributed by atoms with Gasteiger partial charge in [-0.3, -0.25) is 0 Å². The molecule has 0 aliphatic rings. The molecule has 0 heterocycles. The first-order valence-electron chi connectivity index (χ1n) is 6.00. The molecule has 0 atom stereocenters. The van der Waals surface area contributed by atoms with Gasteiger partial charge < -0.3 is 4.74 Å². The Balaban J connectivity index is 2.20. The van der Waals surface area contributed by atoms with Gasteiger partial charge in [-0.05, 0) is 40.2 Å². The van der Waals surface area contributed by atoms with Crippen LogP contribution in [0.15, 0.2) is 51.8 Å². The van der Waals surface area contributed by atoms with E-state index in [1.54, 1.807) is 24.3 Å². The van der Waals surface area contributed by atoms with Gasteiger partial charge in [-0.1, -0.05) is 18.2 Å². The summed E-state index contributed by atoms with van der Waals surface area (Å²) in [5.74, 6) is -0.0441. The van der Waals surface area contributed by atoms with Crippen molar-refractivity contribution in [3.05, 3.63) is 58.3 Å². The first-order chi connectivity index (χ1) is 9.94. The fourth-order valence-electron chi connectivity index (χ4n) is 1.75. The molecule has 2 aromatic rings. The molecule has 0 aliphatic heterocycles. The second-order valence-corrected chi connectivity index (χ2v) is 6.83. The van der Waals surface area contributed by atoms with E-state index in [0.29, 0.717) is 11.3 Å². The number of benzene rings is 2. The molecule has 0 bridgehead atoms. The summed E-state index contributed by atoms with van der Waals surface area (Å²) in [4.78, 5) is -0.127. The number of rotatable bonds is 5. The largest absolute Gasteiger partial charge is 0.496 e. The lowest BCUT2D eigenvalue weighted by molar-refractivity contribution is 0.409. The summed E-state index contributed by atoms with van der Waals surface area (Å²) in [6.07, 6.45) is 0. The van der Waals surface area contributed by atoms with Crippen LogP contribution >= 0.6 is 15.9 Å². The summed E-state index contributed by atoms with van der Waals surface area (Å²) in [6, 6.07) is 10.7. The minimum Gasteiger partial charge on any atom is -0.496 e. The van der Waals surface area contributed by atoms with Crippen LogP contribution in [-0.4, -0.2) is 15.5 Å². The molecule has 112 valence electrons. The van der Waals surface area contributed by atoms with Crippen molar-refractivity contribution in [2.45, 2.75) is 11.4 Å². The molecule has 0 saturated carbocycles. The normalized spacial score (nSPS) is 11.4. The molecule has 0 aromatic heterocycles. The highest BCUT2D eigenvalue weighted by molar-refractivity contribution is 9.10. The van der Waals surface area contributed by atoms with Crippen molar-refractivity contribution >= 4 is 26.0 Å². The van der Waals surface area contributed by atoms with Gasteiger partial charge >= 0.3 is 0 Å². The zero-order valence-corrected chi connectivity index (χ0v) is 13.5. The van der Waals surface area contributed by atoms with Gasteiger partial charge in [0, 0.05) is 12.1 Å². The predicted molar refractivity (Wildman–Crippen MR) is 81.1 cm³/mol. The Bertz CT molecular complexity index is 750. The van der Waals surface area contributed by atoms with Gasteiger partial charge in [0.2, 0.25) is 10.0 Å². The maximum absolute atomic E-state index is 13.4. The van der Waals surface area contributed by atoms with Crippen molar-refractivity contribution in [3.63, 3.8) is 0 Å². The first kappa shape index (κ1) is 15.9. The number of halogens is 2. The van der Waals surface area contributed by atoms with Crippen LogP contribution in [0.3, 0.4) is 0 Å². The lowest BCUT2D eigenvalue weighted by atomic mass is 10.2. The Labute approximate surface area is 131 Å². The molecular weight excluding hydrogens is 361 g/mol. The Kier molecular flexibility index (Phi) is 4.97. The van der Waals surface area contributed by atoms with Crippen molar-refractivity contribution in [1.29, 1.82) is 0 Å². The van der Waals surface area contributed by atoms with Gasteiger partial charge in [0.15, 0.2) is 0 Å². The standard InChI is InChI=1S/C14H13BrFNO3S/c1-20-14-5-3-2-4-10(14)9-17-21(18,19)11-6-7-12(15)13(16)8-11/h2-8,17H,9H2,1H3. The quantitative estimate of drug-likeness (QED) is 0.875. The Hall–Kier alpha value is -1.44. The van der Waals surface area contributed by atoms with E-state index in [1.807, 2.05) is 0 Å².